The number of benzene rings is 3. The van der Waals surface area contributed by atoms with E-state index < -0.39 is 11.7 Å². The zero-order valence-corrected chi connectivity index (χ0v) is 19.7. The zero-order chi connectivity index (χ0) is 24.7. The summed E-state index contributed by atoms with van der Waals surface area (Å²) >= 11 is 0. The minimum Gasteiger partial charge on any atom is -0.494 e. The van der Waals surface area contributed by atoms with E-state index in [1.807, 2.05) is 50.2 Å². The van der Waals surface area contributed by atoms with Gasteiger partial charge in [0, 0.05) is 6.42 Å². The van der Waals surface area contributed by atoms with Crippen molar-refractivity contribution in [2.75, 3.05) is 13.2 Å². The van der Waals surface area contributed by atoms with E-state index in [2.05, 4.69) is 0 Å². The van der Waals surface area contributed by atoms with E-state index in [4.69, 9.17) is 9.47 Å². The van der Waals surface area contributed by atoms with Gasteiger partial charge in [0.1, 0.15) is 5.75 Å². The van der Waals surface area contributed by atoms with Crippen molar-refractivity contribution in [3.05, 3.63) is 77.4 Å². The van der Waals surface area contributed by atoms with Gasteiger partial charge in [-0.1, -0.05) is 43.3 Å². The van der Waals surface area contributed by atoms with Gasteiger partial charge in [-0.15, -0.1) is 0 Å². The summed E-state index contributed by atoms with van der Waals surface area (Å²) in [5.74, 6) is 0.478. The van der Waals surface area contributed by atoms with Gasteiger partial charge in [0.25, 0.3) is 0 Å². The molecule has 0 aliphatic carbocycles. The molecule has 6 heteroatoms. The average molecular weight is 471 g/mol. The molecule has 0 spiro atoms. The SMILES string of the molecule is CCCOc1ccc(-c2ccc(-c3cccc(C(F)(F)F)c3)c(C)c2)c(CCC(=O)OCC)c1. The van der Waals surface area contributed by atoms with Gasteiger partial charge in [-0.25, -0.2) is 0 Å². The summed E-state index contributed by atoms with van der Waals surface area (Å²) in [7, 11) is 0. The molecule has 0 aliphatic rings. The minimum atomic E-state index is -4.39. The van der Waals surface area contributed by atoms with Gasteiger partial charge in [-0.2, -0.15) is 13.2 Å². The van der Waals surface area contributed by atoms with E-state index in [0.29, 0.717) is 25.2 Å². The largest absolute Gasteiger partial charge is 0.494 e. The van der Waals surface area contributed by atoms with Crippen molar-refractivity contribution in [2.24, 2.45) is 0 Å². The maximum Gasteiger partial charge on any atom is 0.416 e. The standard InChI is InChI=1S/C28H29F3O3/c1-4-15-34-24-11-13-26(22(18-24)10-14-27(32)33-5-2)21-9-12-25(19(3)16-21)20-7-6-8-23(17-20)28(29,30)31/h6-9,11-13,16-18H,4-5,10,14-15H2,1-3H3. The Labute approximate surface area is 198 Å². The molecule has 0 atom stereocenters. The van der Waals surface area contributed by atoms with E-state index in [1.165, 1.54) is 12.1 Å². The van der Waals surface area contributed by atoms with E-state index in [0.717, 1.165) is 46.1 Å². The lowest BCUT2D eigenvalue weighted by Gasteiger charge is -2.15. The summed E-state index contributed by atoms with van der Waals surface area (Å²) in [6, 6.07) is 16.9. The molecule has 0 saturated carbocycles. The van der Waals surface area contributed by atoms with Gasteiger partial charge in [0.2, 0.25) is 0 Å². The fourth-order valence-corrected chi connectivity index (χ4v) is 3.86. The highest BCUT2D eigenvalue weighted by Gasteiger charge is 2.30. The fourth-order valence-electron chi connectivity index (χ4n) is 3.86. The monoisotopic (exact) mass is 470 g/mol. The average Bonchev–Trinajstić information content (AvgIpc) is 2.81. The molecule has 3 aromatic carbocycles. The molecule has 0 bridgehead atoms. The molecule has 0 heterocycles. The van der Waals surface area contributed by atoms with Crippen LogP contribution in [0.3, 0.4) is 0 Å². The van der Waals surface area contributed by atoms with Crippen molar-refractivity contribution in [1.82, 2.24) is 0 Å². The van der Waals surface area contributed by atoms with Gasteiger partial charge in [-0.3, -0.25) is 4.79 Å². The number of carbonyl (C=O) groups is 1. The zero-order valence-electron chi connectivity index (χ0n) is 19.7. The van der Waals surface area contributed by atoms with Gasteiger partial charge >= 0.3 is 12.1 Å². The van der Waals surface area contributed by atoms with Gasteiger partial charge in [-0.05, 0) is 84.3 Å². The maximum absolute atomic E-state index is 13.2. The van der Waals surface area contributed by atoms with Crippen LogP contribution in [0.2, 0.25) is 0 Å². The lowest BCUT2D eigenvalue weighted by atomic mass is 9.91. The number of hydrogen-bond donors (Lipinski definition) is 0. The molecule has 3 aromatic rings. The predicted octanol–water partition coefficient (Wildman–Crippen LogP) is 7.63. The van der Waals surface area contributed by atoms with Crippen LogP contribution in [0.4, 0.5) is 13.2 Å². The van der Waals surface area contributed by atoms with Crippen LogP contribution in [0.15, 0.2) is 60.7 Å². The quantitative estimate of drug-likeness (QED) is 0.302. The molecule has 0 saturated heterocycles. The Bertz CT molecular complexity index is 1140. The third-order valence-electron chi connectivity index (χ3n) is 5.49. The molecule has 180 valence electrons. The van der Waals surface area contributed by atoms with Crippen LogP contribution < -0.4 is 4.74 Å². The Hall–Kier alpha value is -3.28. The van der Waals surface area contributed by atoms with Crippen molar-refractivity contribution >= 4 is 5.97 Å². The van der Waals surface area contributed by atoms with Crippen LogP contribution in [0.25, 0.3) is 22.3 Å². The van der Waals surface area contributed by atoms with Crippen molar-refractivity contribution in [3.8, 4) is 28.0 Å². The second kappa shape index (κ2) is 11.2. The van der Waals surface area contributed by atoms with Gasteiger partial charge < -0.3 is 9.47 Å². The normalized spacial score (nSPS) is 11.4. The molecule has 3 nitrogen and oxygen atoms in total. The van der Waals surface area contributed by atoms with E-state index in [-0.39, 0.29) is 12.4 Å². The number of aryl methyl sites for hydroxylation is 2. The number of carbonyl (C=O) groups excluding carboxylic acids is 1. The number of hydrogen-bond acceptors (Lipinski definition) is 3. The molecule has 0 aromatic heterocycles. The Morgan fingerprint density at radius 2 is 1.65 bits per heavy atom. The summed E-state index contributed by atoms with van der Waals surface area (Å²) in [6.45, 7) is 6.63. The van der Waals surface area contributed by atoms with Crippen LogP contribution >= 0.6 is 0 Å². The van der Waals surface area contributed by atoms with Crippen molar-refractivity contribution < 1.29 is 27.4 Å². The molecular weight excluding hydrogens is 441 g/mol. The van der Waals surface area contributed by atoms with E-state index in [1.54, 1.807) is 13.0 Å². The molecule has 0 unspecified atom stereocenters. The first-order chi connectivity index (χ1) is 16.2. The number of rotatable bonds is 9. The van der Waals surface area contributed by atoms with Crippen LogP contribution in [0, 0.1) is 6.92 Å². The van der Waals surface area contributed by atoms with Crippen LogP contribution in [0.1, 0.15) is 43.4 Å². The first kappa shape index (κ1) is 25.3. The fraction of sp³-hybridized carbons (Fsp3) is 0.321. The number of alkyl halides is 3. The number of esters is 1. The highest BCUT2D eigenvalue weighted by molar-refractivity contribution is 5.76. The first-order valence-corrected chi connectivity index (χ1v) is 11.4. The Morgan fingerprint density at radius 1 is 0.912 bits per heavy atom. The molecular formula is C28H29F3O3. The summed E-state index contributed by atoms with van der Waals surface area (Å²) < 4.78 is 50.3. The molecule has 0 fully saturated rings. The molecule has 34 heavy (non-hydrogen) atoms. The molecule has 0 amide bonds. The smallest absolute Gasteiger partial charge is 0.416 e. The Kier molecular flexibility index (Phi) is 8.37. The summed E-state index contributed by atoms with van der Waals surface area (Å²) in [6.07, 6.45) is -2.76. The van der Waals surface area contributed by atoms with Gasteiger partial charge in [0.05, 0.1) is 18.8 Å². The number of halogens is 3. The minimum absolute atomic E-state index is 0.249. The first-order valence-electron chi connectivity index (χ1n) is 11.4. The second-order valence-electron chi connectivity index (χ2n) is 8.08. The predicted molar refractivity (Wildman–Crippen MR) is 128 cm³/mol. The summed E-state index contributed by atoms with van der Waals surface area (Å²) in [5.41, 5.74) is 4.28. The molecule has 0 N–H and O–H groups in total. The Balaban J connectivity index is 1.95. The van der Waals surface area contributed by atoms with Crippen molar-refractivity contribution in [2.45, 2.75) is 46.2 Å². The second-order valence-corrected chi connectivity index (χ2v) is 8.08. The van der Waals surface area contributed by atoms with Crippen molar-refractivity contribution in [1.29, 1.82) is 0 Å². The van der Waals surface area contributed by atoms with Crippen LogP contribution in [-0.4, -0.2) is 19.2 Å². The lowest BCUT2D eigenvalue weighted by molar-refractivity contribution is -0.143. The van der Waals surface area contributed by atoms with E-state index in [9.17, 15) is 18.0 Å². The third-order valence-corrected chi connectivity index (χ3v) is 5.49. The highest BCUT2D eigenvalue weighted by atomic mass is 19.4. The van der Waals surface area contributed by atoms with Crippen LogP contribution in [-0.2, 0) is 22.1 Å². The molecule has 3 rings (SSSR count). The summed E-state index contributed by atoms with van der Waals surface area (Å²) in [5, 5.41) is 0. The number of ether oxygens (including phenoxy) is 2. The Morgan fingerprint density at radius 3 is 2.32 bits per heavy atom. The van der Waals surface area contributed by atoms with Gasteiger partial charge in [0.15, 0.2) is 0 Å². The molecule has 0 radical (unpaired) electrons. The van der Waals surface area contributed by atoms with Crippen molar-refractivity contribution in [3.63, 3.8) is 0 Å². The highest BCUT2D eigenvalue weighted by Crippen LogP contribution is 2.35. The summed E-state index contributed by atoms with van der Waals surface area (Å²) in [4.78, 5) is 11.9. The lowest BCUT2D eigenvalue weighted by Crippen LogP contribution is -2.06. The third kappa shape index (κ3) is 6.40. The molecule has 0 aliphatic heterocycles. The maximum atomic E-state index is 13.2. The van der Waals surface area contributed by atoms with E-state index >= 15 is 0 Å². The van der Waals surface area contributed by atoms with Crippen LogP contribution in [0.5, 0.6) is 5.75 Å². The topological polar surface area (TPSA) is 35.5 Å².